The van der Waals surface area contributed by atoms with Gasteiger partial charge in [-0.25, -0.2) is 0 Å². The lowest BCUT2D eigenvalue weighted by Gasteiger charge is -2.36. The van der Waals surface area contributed by atoms with Gasteiger partial charge in [0, 0.05) is 32.1 Å². The zero-order chi connectivity index (χ0) is 13.4. The van der Waals surface area contributed by atoms with Crippen LogP contribution in [0.4, 0.5) is 0 Å². The highest BCUT2D eigenvalue weighted by atomic mass is 16.2. The number of hydrogen-bond donors (Lipinski definition) is 0. The van der Waals surface area contributed by atoms with Crippen LogP contribution < -0.4 is 0 Å². The number of carbonyl (C=O) groups excluding carboxylic acids is 1. The summed E-state index contributed by atoms with van der Waals surface area (Å²) in [6.07, 6.45) is 5.07. The fourth-order valence-corrected chi connectivity index (χ4v) is 3.81. The Morgan fingerprint density at radius 1 is 1.05 bits per heavy atom. The molecule has 0 aromatic heterocycles. The SMILES string of the molecule is CC(C)CCN1CCN(C(=O)C2CC3CC3C2)CC1. The van der Waals surface area contributed by atoms with Gasteiger partial charge >= 0.3 is 0 Å². The molecule has 0 N–H and O–H groups in total. The van der Waals surface area contributed by atoms with Crippen LogP contribution in [0.15, 0.2) is 0 Å². The molecule has 3 aliphatic rings. The van der Waals surface area contributed by atoms with Crippen LogP contribution in [0.5, 0.6) is 0 Å². The van der Waals surface area contributed by atoms with Crippen LogP contribution in [-0.4, -0.2) is 48.4 Å². The van der Waals surface area contributed by atoms with E-state index in [1.165, 1.54) is 32.2 Å². The van der Waals surface area contributed by atoms with E-state index in [9.17, 15) is 4.79 Å². The molecule has 3 rings (SSSR count). The summed E-state index contributed by atoms with van der Waals surface area (Å²) in [5, 5.41) is 0. The average Bonchev–Trinajstić information content (AvgIpc) is 3.03. The number of amides is 1. The molecule has 0 spiro atoms. The first kappa shape index (κ1) is 13.4. The zero-order valence-corrected chi connectivity index (χ0v) is 12.5. The Morgan fingerprint density at radius 2 is 1.68 bits per heavy atom. The summed E-state index contributed by atoms with van der Waals surface area (Å²) in [4.78, 5) is 17.1. The molecule has 3 heteroatoms. The monoisotopic (exact) mass is 264 g/mol. The van der Waals surface area contributed by atoms with Gasteiger partial charge in [0.1, 0.15) is 0 Å². The van der Waals surface area contributed by atoms with Crippen molar-refractivity contribution in [1.29, 1.82) is 0 Å². The van der Waals surface area contributed by atoms with E-state index in [1.54, 1.807) is 0 Å². The standard InChI is InChI=1S/C16H28N2O/c1-12(2)3-4-17-5-7-18(8-6-17)16(19)15-10-13-9-14(13)11-15/h12-15H,3-11H2,1-2H3. The third-order valence-electron chi connectivity index (χ3n) is 5.30. The van der Waals surface area contributed by atoms with Crippen LogP contribution in [0.1, 0.15) is 39.5 Å². The summed E-state index contributed by atoms with van der Waals surface area (Å²) in [6, 6.07) is 0. The van der Waals surface area contributed by atoms with Crippen molar-refractivity contribution in [2.24, 2.45) is 23.7 Å². The molecule has 0 radical (unpaired) electrons. The third kappa shape index (κ3) is 3.13. The summed E-state index contributed by atoms with van der Waals surface area (Å²) in [5.41, 5.74) is 0. The Balaban J connectivity index is 1.41. The average molecular weight is 264 g/mol. The van der Waals surface area contributed by atoms with E-state index in [-0.39, 0.29) is 0 Å². The van der Waals surface area contributed by atoms with Crippen molar-refractivity contribution in [1.82, 2.24) is 9.80 Å². The van der Waals surface area contributed by atoms with Crippen molar-refractivity contribution < 1.29 is 4.79 Å². The van der Waals surface area contributed by atoms with Gasteiger partial charge in [-0.3, -0.25) is 9.69 Å². The first-order chi connectivity index (χ1) is 9.13. The van der Waals surface area contributed by atoms with Crippen molar-refractivity contribution in [3.8, 4) is 0 Å². The Hall–Kier alpha value is -0.570. The third-order valence-corrected chi connectivity index (χ3v) is 5.30. The molecule has 1 saturated heterocycles. The molecule has 0 bridgehead atoms. The number of rotatable bonds is 4. The number of nitrogens with zero attached hydrogens (tertiary/aromatic N) is 2. The molecule has 1 aliphatic heterocycles. The molecule has 2 atom stereocenters. The van der Waals surface area contributed by atoms with Gasteiger partial charge in [-0.1, -0.05) is 13.8 Å². The molecular weight excluding hydrogens is 236 g/mol. The number of piperazine rings is 1. The van der Waals surface area contributed by atoms with Crippen molar-refractivity contribution in [2.75, 3.05) is 32.7 Å². The molecule has 3 nitrogen and oxygen atoms in total. The first-order valence-corrected chi connectivity index (χ1v) is 8.14. The maximum atomic E-state index is 12.4. The molecule has 19 heavy (non-hydrogen) atoms. The molecule has 1 heterocycles. The second kappa shape index (κ2) is 5.43. The Labute approximate surface area is 117 Å². The van der Waals surface area contributed by atoms with E-state index in [2.05, 4.69) is 23.6 Å². The van der Waals surface area contributed by atoms with E-state index >= 15 is 0 Å². The zero-order valence-electron chi connectivity index (χ0n) is 12.5. The Morgan fingerprint density at radius 3 is 2.26 bits per heavy atom. The predicted molar refractivity (Wildman–Crippen MR) is 76.8 cm³/mol. The summed E-state index contributed by atoms with van der Waals surface area (Å²) >= 11 is 0. The summed E-state index contributed by atoms with van der Waals surface area (Å²) in [5.74, 6) is 3.47. The van der Waals surface area contributed by atoms with Gasteiger partial charge < -0.3 is 4.90 Å². The van der Waals surface area contributed by atoms with Gasteiger partial charge in [0.25, 0.3) is 0 Å². The highest BCUT2D eigenvalue weighted by molar-refractivity contribution is 5.79. The second-order valence-corrected chi connectivity index (χ2v) is 7.27. The normalized spacial score (nSPS) is 34.7. The fourth-order valence-electron chi connectivity index (χ4n) is 3.81. The van der Waals surface area contributed by atoms with Crippen LogP contribution in [0.3, 0.4) is 0 Å². The maximum absolute atomic E-state index is 12.4. The predicted octanol–water partition coefficient (Wildman–Crippen LogP) is 2.22. The van der Waals surface area contributed by atoms with Crippen LogP contribution >= 0.6 is 0 Å². The van der Waals surface area contributed by atoms with E-state index < -0.39 is 0 Å². The molecular formula is C16H28N2O. The summed E-state index contributed by atoms with van der Waals surface area (Å²) < 4.78 is 0. The van der Waals surface area contributed by atoms with Crippen LogP contribution in [0, 0.1) is 23.7 Å². The molecule has 3 fully saturated rings. The summed E-state index contributed by atoms with van der Waals surface area (Å²) in [7, 11) is 0. The molecule has 2 unspecified atom stereocenters. The minimum absolute atomic E-state index is 0.381. The van der Waals surface area contributed by atoms with Crippen molar-refractivity contribution in [3.63, 3.8) is 0 Å². The van der Waals surface area contributed by atoms with Gasteiger partial charge in [-0.05, 0) is 50.0 Å². The number of fused-ring (bicyclic) bond motifs is 1. The van der Waals surface area contributed by atoms with Crippen LogP contribution in [0.25, 0.3) is 0 Å². The lowest BCUT2D eigenvalue weighted by atomic mass is 10.0. The quantitative estimate of drug-likeness (QED) is 0.777. The van der Waals surface area contributed by atoms with E-state index in [1.807, 2.05) is 0 Å². The van der Waals surface area contributed by atoms with Gasteiger partial charge in [0.2, 0.25) is 5.91 Å². The molecule has 1 amide bonds. The smallest absolute Gasteiger partial charge is 0.225 e. The highest BCUT2D eigenvalue weighted by Crippen LogP contribution is 2.54. The Kier molecular flexibility index (Phi) is 3.84. The van der Waals surface area contributed by atoms with E-state index in [0.717, 1.165) is 43.9 Å². The highest BCUT2D eigenvalue weighted by Gasteiger charge is 2.48. The van der Waals surface area contributed by atoms with E-state index in [0.29, 0.717) is 11.8 Å². The molecule has 2 aliphatic carbocycles. The fraction of sp³-hybridized carbons (Fsp3) is 0.938. The van der Waals surface area contributed by atoms with Gasteiger partial charge in [0.05, 0.1) is 0 Å². The van der Waals surface area contributed by atoms with Gasteiger partial charge in [0.15, 0.2) is 0 Å². The second-order valence-electron chi connectivity index (χ2n) is 7.27. The van der Waals surface area contributed by atoms with Crippen molar-refractivity contribution >= 4 is 5.91 Å². The van der Waals surface area contributed by atoms with E-state index in [4.69, 9.17) is 0 Å². The van der Waals surface area contributed by atoms with Gasteiger partial charge in [-0.15, -0.1) is 0 Å². The number of hydrogen-bond acceptors (Lipinski definition) is 2. The van der Waals surface area contributed by atoms with Crippen molar-refractivity contribution in [2.45, 2.75) is 39.5 Å². The van der Waals surface area contributed by atoms with Crippen LogP contribution in [0.2, 0.25) is 0 Å². The largest absolute Gasteiger partial charge is 0.340 e. The topological polar surface area (TPSA) is 23.6 Å². The number of carbonyl (C=O) groups is 1. The molecule has 0 aromatic rings. The molecule has 0 aromatic carbocycles. The minimum Gasteiger partial charge on any atom is -0.340 e. The summed E-state index contributed by atoms with van der Waals surface area (Å²) in [6.45, 7) is 9.85. The van der Waals surface area contributed by atoms with Gasteiger partial charge in [-0.2, -0.15) is 0 Å². The minimum atomic E-state index is 0.381. The Bertz CT molecular complexity index is 324. The van der Waals surface area contributed by atoms with Crippen LogP contribution in [-0.2, 0) is 4.79 Å². The molecule has 2 saturated carbocycles. The molecule has 108 valence electrons. The first-order valence-electron chi connectivity index (χ1n) is 8.14. The lowest BCUT2D eigenvalue weighted by Crippen LogP contribution is -2.50. The maximum Gasteiger partial charge on any atom is 0.225 e. The van der Waals surface area contributed by atoms with Crippen molar-refractivity contribution in [3.05, 3.63) is 0 Å². The lowest BCUT2D eigenvalue weighted by molar-refractivity contribution is -0.137.